The molecular formula is C16H21F3N2O4. The first-order chi connectivity index (χ1) is 11.6. The minimum absolute atomic E-state index is 0.0144. The Hall–Kier alpha value is -2.32. The van der Waals surface area contributed by atoms with E-state index < -0.39 is 22.4 Å². The lowest BCUT2D eigenvalue weighted by Gasteiger charge is -2.26. The average molecular weight is 362 g/mol. The van der Waals surface area contributed by atoms with Crippen LogP contribution in [0.1, 0.15) is 44.7 Å². The number of nitro benzene ring substituents is 1. The summed E-state index contributed by atoms with van der Waals surface area (Å²) in [6.07, 6.45) is -2.75. The van der Waals surface area contributed by atoms with Gasteiger partial charge in [-0.3, -0.25) is 14.9 Å². The molecule has 1 aromatic carbocycles. The molecule has 6 nitrogen and oxygen atoms in total. The van der Waals surface area contributed by atoms with Gasteiger partial charge in [-0.2, -0.15) is 13.2 Å². The first-order valence-electron chi connectivity index (χ1n) is 7.84. The van der Waals surface area contributed by atoms with E-state index in [2.05, 4.69) is 10.1 Å². The van der Waals surface area contributed by atoms with Crippen molar-refractivity contribution in [3.05, 3.63) is 33.4 Å². The molecule has 0 spiro atoms. The van der Waals surface area contributed by atoms with E-state index >= 15 is 0 Å². The average Bonchev–Trinajstić information content (AvgIpc) is 2.53. The molecule has 2 atom stereocenters. The van der Waals surface area contributed by atoms with Crippen LogP contribution in [0.15, 0.2) is 12.1 Å². The van der Waals surface area contributed by atoms with Gasteiger partial charge in [0.05, 0.1) is 16.6 Å². The zero-order chi connectivity index (χ0) is 19.2. The van der Waals surface area contributed by atoms with Gasteiger partial charge in [0.15, 0.2) is 0 Å². The van der Waals surface area contributed by atoms with Crippen LogP contribution in [0.25, 0.3) is 0 Å². The molecule has 0 saturated heterocycles. The van der Waals surface area contributed by atoms with Crippen molar-refractivity contribution in [2.24, 2.45) is 0 Å². The van der Waals surface area contributed by atoms with Crippen molar-refractivity contribution in [3.63, 3.8) is 0 Å². The Morgan fingerprint density at radius 2 is 2.12 bits per heavy atom. The van der Waals surface area contributed by atoms with Crippen molar-refractivity contribution in [2.45, 2.75) is 58.4 Å². The monoisotopic (exact) mass is 362 g/mol. The Morgan fingerprint density at radius 3 is 2.56 bits per heavy atom. The van der Waals surface area contributed by atoms with Gasteiger partial charge < -0.3 is 10.1 Å². The van der Waals surface area contributed by atoms with Crippen LogP contribution in [0.3, 0.4) is 0 Å². The predicted molar refractivity (Wildman–Crippen MR) is 86.4 cm³/mol. The number of hydrogen-bond donors (Lipinski definition) is 1. The number of nitrogens with one attached hydrogen (secondary N) is 1. The molecule has 25 heavy (non-hydrogen) atoms. The van der Waals surface area contributed by atoms with Gasteiger partial charge in [0.1, 0.15) is 0 Å². The van der Waals surface area contributed by atoms with E-state index in [9.17, 15) is 28.1 Å². The highest BCUT2D eigenvalue weighted by atomic mass is 19.4. The number of alkyl halides is 3. The molecule has 0 bridgehead atoms. The van der Waals surface area contributed by atoms with E-state index in [1.807, 2.05) is 20.8 Å². The van der Waals surface area contributed by atoms with Crippen LogP contribution in [0.5, 0.6) is 0 Å². The quantitative estimate of drug-likeness (QED) is 0.490. The molecule has 1 aliphatic rings. The van der Waals surface area contributed by atoms with Gasteiger partial charge >= 0.3 is 6.18 Å². The van der Waals surface area contributed by atoms with Crippen molar-refractivity contribution < 1.29 is 27.6 Å². The Morgan fingerprint density at radius 1 is 1.48 bits per heavy atom. The first kappa shape index (κ1) is 20.7. The molecule has 0 amide bonds. The van der Waals surface area contributed by atoms with Crippen LogP contribution in [-0.2, 0) is 22.1 Å². The van der Waals surface area contributed by atoms with Gasteiger partial charge in [0.25, 0.3) is 12.2 Å². The Balaban J connectivity index is 0.000000381. The molecule has 9 heteroatoms. The third kappa shape index (κ3) is 5.91. The van der Waals surface area contributed by atoms with Gasteiger partial charge in [-0.05, 0) is 38.7 Å². The van der Waals surface area contributed by atoms with Gasteiger partial charge in [-0.15, -0.1) is 0 Å². The molecule has 2 rings (SSSR count). The number of non-ortho nitro benzene ring substituents is 1. The molecular weight excluding hydrogens is 341 g/mol. The van der Waals surface area contributed by atoms with E-state index in [-0.39, 0.29) is 29.8 Å². The van der Waals surface area contributed by atoms with Crippen LogP contribution >= 0.6 is 0 Å². The molecule has 1 aliphatic heterocycles. The third-order valence-corrected chi connectivity index (χ3v) is 3.84. The Labute approximate surface area is 143 Å². The molecule has 1 N–H and O–H groups in total. The maximum atomic E-state index is 12.9. The van der Waals surface area contributed by atoms with E-state index in [4.69, 9.17) is 0 Å². The first-order valence-corrected chi connectivity index (χ1v) is 7.84. The van der Waals surface area contributed by atoms with Crippen LogP contribution in [0.2, 0.25) is 0 Å². The molecule has 0 aliphatic carbocycles. The highest BCUT2D eigenvalue weighted by Gasteiger charge is 2.37. The van der Waals surface area contributed by atoms with Crippen molar-refractivity contribution >= 4 is 17.8 Å². The van der Waals surface area contributed by atoms with Crippen molar-refractivity contribution in [3.8, 4) is 0 Å². The number of carbonyl (C=O) groups is 1. The molecule has 0 aromatic heterocycles. The summed E-state index contributed by atoms with van der Waals surface area (Å²) in [5, 5.41) is 13.5. The fourth-order valence-corrected chi connectivity index (χ4v) is 2.30. The minimum atomic E-state index is -4.57. The largest absolute Gasteiger partial charge is 0.465 e. The standard InChI is InChI=1S/C11H11F3N2O2.C5H10O2/c1-6-2-3-8-9(11(12,13)14)4-7(16(17)18)5-10(8)15-6;1-3-5(2)7-4-6/h4-6,15H,2-3H2,1H3;4-5H,3H2,1-2H3. The summed E-state index contributed by atoms with van der Waals surface area (Å²) >= 11 is 0. The number of halogens is 3. The molecule has 1 heterocycles. The number of nitro groups is 1. The van der Waals surface area contributed by atoms with Crippen molar-refractivity contribution in [1.82, 2.24) is 0 Å². The van der Waals surface area contributed by atoms with E-state index in [1.54, 1.807) is 0 Å². The van der Waals surface area contributed by atoms with Crippen LogP contribution in [-0.4, -0.2) is 23.5 Å². The Kier molecular flexibility index (Phi) is 7.20. The number of rotatable bonds is 4. The van der Waals surface area contributed by atoms with Crippen LogP contribution in [0.4, 0.5) is 24.5 Å². The lowest BCUT2D eigenvalue weighted by Crippen LogP contribution is -2.24. The number of hydrogen-bond acceptors (Lipinski definition) is 5. The van der Waals surface area contributed by atoms with Gasteiger partial charge in [0.2, 0.25) is 0 Å². The number of ether oxygens (including phenoxy) is 1. The summed E-state index contributed by atoms with van der Waals surface area (Å²) < 4.78 is 43.1. The van der Waals surface area contributed by atoms with Gasteiger partial charge in [-0.1, -0.05) is 6.92 Å². The van der Waals surface area contributed by atoms with Gasteiger partial charge in [0, 0.05) is 23.9 Å². The number of benzene rings is 1. The second-order valence-corrected chi connectivity index (χ2v) is 5.81. The molecule has 2 unspecified atom stereocenters. The maximum Gasteiger partial charge on any atom is 0.417 e. The second-order valence-electron chi connectivity index (χ2n) is 5.81. The van der Waals surface area contributed by atoms with E-state index in [1.165, 1.54) is 6.07 Å². The minimum Gasteiger partial charge on any atom is -0.465 e. The van der Waals surface area contributed by atoms with Crippen LogP contribution < -0.4 is 5.32 Å². The van der Waals surface area contributed by atoms with Crippen molar-refractivity contribution in [2.75, 3.05) is 5.32 Å². The number of carbonyl (C=O) groups excluding carboxylic acids is 1. The third-order valence-electron chi connectivity index (χ3n) is 3.84. The molecule has 0 radical (unpaired) electrons. The summed E-state index contributed by atoms with van der Waals surface area (Å²) in [4.78, 5) is 19.4. The SMILES string of the molecule is CC1CCc2c(cc([N+](=O)[O-])cc2C(F)(F)F)N1.CCC(C)OC=O. The topological polar surface area (TPSA) is 81.5 Å². The molecule has 0 fully saturated rings. The highest BCUT2D eigenvalue weighted by Crippen LogP contribution is 2.40. The lowest BCUT2D eigenvalue weighted by atomic mass is 9.93. The van der Waals surface area contributed by atoms with Gasteiger partial charge in [-0.25, -0.2) is 0 Å². The zero-order valence-electron chi connectivity index (χ0n) is 14.2. The molecule has 140 valence electrons. The van der Waals surface area contributed by atoms with Crippen LogP contribution in [0, 0.1) is 10.1 Å². The predicted octanol–water partition coefficient (Wildman–Crippen LogP) is 4.32. The summed E-state index contributed by atoms with van der Waals surface area (Å²) in [5.41, 5.74) is -1.12. The summed E-state index contributed by atoms with van der Waals surface area (Å²) in [5.74, 6) is 0. The second kappa shape index (κ2) is 8.68. The smallest absolute Gasteiger partial charge is 0.417 e. The molecule has 0 saturated carbocycles. The lowest BCUT2D eigenvalue weighted by molar-refractivity contribution is -0.385. The van der Waals surface area contributed by atoms with Crippen molar-refractivity contribution in [1.29, 1.82) is 0 Å². The van der Waals surface area contributed by atoms with E-state index in [0.717, 1.165) is 6.42 Å². The fraction of sp³-hybridized carbons (Fsp3) is 0.562. The normalized spacial score (nSPS) is 17.3. The molecule has 1 aromatic rings. The number of fused-ring (bicyclic) bond motifs is 1. The summed E-state index contributed by atoms with van der Waals surface area (Å²) in [6.45, 7) is 6.13. The summed E-state index contributed by atoms with van der Waals surface area (Å²) in [7, 11) is 0. The maximum absolute atomic E-state index is 12.9. The van der Waals surface area contributed by atoms with E-state index in [0.29, 0.717) is 19.0 Å². The fourth-order valence-electron chi connectivity index (χ4n) is 2.30. The zero-order valence-corrected chi connectivity index (χ0v) is 14.2. The number of nitrogens with zero attached hydrogens (tertiary/aromatic N) is 1. The Bertz CT molecular complexity index is 620. The highest BCUT2D eigenvalue weighted by molar-refractivity contribution is 5.63. The summed E-state index contributed by atoms with van der Waals surface area (Å²) in [6, 6.07) is 1.79. The number of anilines is 1.